The topological polar surface area (TPSA) is 77.2 Å². The van der Waals surface area contributed by atoms with E-state index in [2.05, 4.69) is 10.3 Å². The van der Waals surface area contributed by atoms with Gasteiger partial charge in [0, 0.05) is 5.54 Å². The normalized spacial score (nSPS) is 24.0. The van der Waals surface area contributed by atoms with E-state index < -0.39 is 5.54 Å². The Labute approximate surface area is 146 Å². The van der Waals surface area contributed by atoms with Crippen LogP contribution in [0.1, 0.15) is 32.6 Å². The lowest BCUT2D eigenvalue weighted by atomic mass is 9.74. The molecule has 5 nitrogen and oxygen atoms in total. The van der Waals surface area contributed by atoms with E-state index >= 15 is 0 Å². The molecule has 126 valence electrons. The summed E-state index contributed by atoms with van der Waals surface area (Å²) in [4.78, 5) is 17.0. The molecule has 1 aromatic carbocycles. The first-order valence-electron chi connectivity index (χ1n) is 7.54. The second-order valence-corrected chi connectivity index (χ2v) is 7.15. The highest BCUT2D eigenvalue weighted by Gasteiger charge is 2.38. The first kappa shape index (κ1) is 18.0. The third kappa shape index (κ3) is 3.59. The van der Waals surface area contributed by atoms with E-state index in [1.807, 2.05) is 25.1 Å². The molecule has 1 saturated carbocycles. The number of benzene rings is 1. The van der Waals surface area contributed by atoms with E-state index in [1.54, 1.807) is 7.11 Å². The molecular weight excluding hydrogens is 334 g/mol. The molecule has 23 heavy (non-hydrogen) atoms. The molecule has 3 N–H and O–H groups in total. The highest BCUT2D eigenvalue weighted by atomic mass is 35.5. The number of ether oxygens (including phenoxy) is 1. The fourth-order valence-electron chi connectivity index (χ4n) is 3.12. The van der Waals surface area contributed by atoms with Crippen LogP contribution in [0.5, 0.6) is 5.75 Å². The number of rotatable bonds is 3. The average Bonchev–Trinajstić information content (AvgIpc) is 2.88. The van der Waals surface area contributed by atoms with Gasteiger partial charge in [0.2, 0.25) is 5.91 Å². The zero-order valence-corrected chi connectivity index (χ0v) is 14.9. The molecule has 3 rings (SSSR count). The number of fused-ring (bicyclic) bond motifs is 1. The number of carbonyl (C=O) groups is 1. The Morgan fingerprint density at radius 1 is 1.48 bits per heavy atom. The highest BCUT2D eigenvalue weighted by Crippen LogP contribution is 2.35. The molecule has 1 heterocycles. The van der Waals surface area contributed by atoms with Crippen molar-refractivity contribution in [3.05, 3.63) is 18.2 Å². The van der Waals surface area contributed by atoms with Crippen LogP contribution in [-0.2, 0) is 4.79 Å². The molecule has 2 aromatic rings. The molecule has 1 fully saturated rings. The Morgan fingerprint density at radius 3 is 2.96 bits per heavy atom. The Balaban J connectivity index is 0.00000192. The number of hydrogen-bond donors (Lipinski definition) is 2. The van der Waals surface area contributed by atoms with Crippen molar-refractivity contribution < 1.29 is 9.53 Å². The number of thiazole rings is 1. The largest absolute Gasteiger partial charge is 0.494 e. The summed E-state index contributed by atoms with van der Waals surface area (Å²) >= 11 is 1.46. The summed E-state index contributed by atoms with van der Waals surface area (Å²) < 4.78 is 6.30. The lowest BCUT2D eigenvalue weighted by Gasteiger charge is -2.36. The smallest absolute Gasteiger partial charge is 0.231 e. The van der Waals surface area contributed by atoms with Gasteiger partial charge in [-0.2, -0.15) is 0 Å². The maximum atomic E-state index is 12.6. The lowest BCUT2D eigenvalue weighted by Crippen LogP contribution is -2.51. The number of amides is 1. The van der Waals surface area contributed by atoms with Crippen LogP contribution in [0.4, 0.5) is 5.13 Å². The molecule has 1 aliphatic carbocycles. The van der Waals surface area contributed by atoms with Crippen molar-refractivity contribution in [2.45, 2.75) is 38.1 Å². The Kier molecular flexibility index (Phi) is 5.49. The summed E-state index contributed by atoms with van der Waals surface area (Å²) in [6.45, 7) is 1.97. The van der Waals surface area contributed by atoms with Crippen molar-refractivity contribution in [1.29, 1.82) is 0 Å². The van der Waals surface area contributed by atoms with E-state index in [0.717, 1.165) is 41.6 Å². The van der Waals surface area contributed by atoms with Crippen LogP contribution in [0.25, 0.3) is 10.2 Å². The first-order chi connectivity index (χ1) is 10.5. The number of nitrogens with two attached hydrogens (primary N) is 1. The molecule has 2 unspecified atom stereocenters. The summed E-state index contributed by atoms with van der Waals surface area (Å²) in [6, 6.07) is 5.76. The van der Waals surface area contributed by atoms with E-state index in [1.165, 1.54) is 11.3 Å². The van der Waals surface area contributed by atoms with Gasteiger partial charge in [0.1, 0.15) is 11.3 Å². The summed E-state index contributed by atoms with van der Waals surface area (Å²) in [5.74, 6) is 0.536. The number of methoxy groups -OCH3 is 1. The van der Waals surface area contributed by atoms with Gasteiger partial charge in [0.05, 0.1) is 17.7 Å². The quantitative estimate of drug-likeness (QED) is 0.882. The lowest BCUT2D eigenvalue weighted by molar-refractivity contribution is -0.122. The van der Waals surface area contributed by atoms with Gasteiger partial charge < -0.3 is 15.8 Å². The predicted octanol–water partition coefficient (Wildman–Crippen LogP) is 3.57. The van der Waals surface area contributed by atoms with Crippen LogP contribution in [0, 0.1) is 5.92 Å². The summed E-state index contributed by atoms with van der Waals surface area (Å²) in [5.41, 5.74) is 6.65. The van der Waals surface area contributed by atoms with E-state index in [4.69, 9.17) is 10.5 Å². The van der Waals surface area contributed by atoms with Crippen LogP contribution >= 0.6 is 23.7 Å². The first-order valence-corrected chi connectivity index (χ1v) is 8.36. The van der Waals surface area contributed by atoms with Crippen molar-refractivity contribution >= 4 is 45.0 Å². The fourth-order valence-corrected chi connectivity index (χ4v) is 4.01. The zero-order valence-electron chi connectivity index (χ0n) is 13.3. The van der Waals surface area contributed by atoms with E-state index in [-0.39, 0.29) is 24.2 Å². The van der Waals surface area contributed by atoms with Crippen LogP contribution in [0.3, 0.4) is 0 Å². The molecule has 2 atom stereocenters. The molecule has 0 radical (unpaired) electrons. The third-order valence-electron chi connectivity index (χ3n) is 4.40. The van der Waals surface area contributed by atoms with Crippen LogP contribution in [0.2, 0.25) is 0 Å². The van der Waals surface area contributed by atoms with Gasteiger partial charge in [-0.3, -0.25) is 4.79 Å². The predicted molar refractivity (Wildman–Crippen MR) is 96.6 cm³/mol. The number of anilines is 1. The number of halogens is 1. The van der Waals surface area contributed by atoms with Gasteiger partial charge in [-0.05, 0) is 31.9 Å². The number of para-hydroxylation sites is 1. The van der Waals surface area contributed by atoms with Crippen molar-refractivity contribution in [2.24, 2.45) is 11.7 Å². The van der Waals surface area contributed by atoms with Crippen molar-refractivity contribution in [3.8, 4) is 5.75 Å². The fraction of sp³-hybridized carbons (Fsp3) is 0.500. The third-order valence-corrected chi connectivity index (χ3v) is 5.34. The van der Waals surface area contributed by atoms with Gasteiger partial charge in [0.15, 0.2) is 5.13 Å². The summed E-state index contributed by atoms with van der Waals surface area (Å²) in [6.07, 6.45) is 3.87. The van der Waals surface area contributed by atoms with Gasteiger partial charge in [0.25, 0.3) is 0 Å². The minimum atomic E-state index is -0.434. The molecule has 7 heteroatoms. The maximum absolute atomic E-state index is 12.6. The Hall–Kier alpha value is -1.37. The molecular formula is C16H22ClN3O2S. The molecule has 0 spiro atoms. The molecule has 0 bridgehead atoms. The van der Waals surface area contributed by atoms with E-state index in [0.29, 0.717) is 5.13 Å². The van der Waals surface area contributed by atoms with Gasteiger partial charge in [-0.1, -0.05) is 30.2 Å². The van der Waals surface area contributed by atoms with Crippen LogP contribution < -0.4 is 15.8 Å². The van der Waals surface area contributed by atoms with Crippen molar-refractivity contribution in [3.63, 3.8) is 0 Å². The van der Waals surface area contributed by atoms with Crippen molar-refractivity contribution in [1.82, 2.24) is 4.98 Å². The number of hydrogen-bond acceptors (Lipinski definition) is 5. The SMILES string of the molecule is COc1cccc2sc(NC(=O)C3CCCCC3(C)N)nc12.Cl. The summed E-state index contributed by atoms with van der Waals surface area (Å²) in [5, 5.41) is 3.54. The van der Waals surface area contributed by atoms with Crippen molar-refractivity contribution in [2.75, 3.05) is 12.4 Å². The monoisotopic (exact) mass is 355 g/mol. The average molecular weight is 356 g/mol. The zero-order chi connectivity index (χ0) is 15.7. The molecule has 0 aliphatic heterocycles. The van der Waals surface area contributed by atoms with Gasteiger partial charge in [-0.25, -0.2) is 4.98 Å². The number of aromatic nitrogens is 1. The highest BCUT2D eigenvalue weighted by molar-refractivity contribution is 7.22. The molecule has 1 aliphatic rings. The second-order valence-electron chi connectivity index (χ2n) is 6.12. The second kappa shape index (κ2) is 7.03. The molecule has 1 aromatic heterocycles. The molecule has 0 saturated heterocycles. The minimum absolute atomic E-state index is 0. The number of nitrogens with zero attached hydrogens (tertiary/aromatic N) is 1. The Morgan fingerprint density at radius 2 is 2.26 bits per heavy atom. The number of carbonyl (C=O) groups excluding carboxylic acids is 1. The van der Waals surface area contributed by atoms with Crippen LogP contribution in [0.15, 0.2) is 18.2 Å². The van der Waals surface area contributed by atoms with Crippen LogP contribution in [-0.4, -0.2) is 23.5 Å². The molecule has 1 amide bonds. The summed E-state index contributed by atoms with van der Waals surface area (Å²) in [7, 11) is 1.62. The minimum Gasteiger partial charge on any atom is -0.494 e. The Bertz CT molecular complexity index is 702. The van der Waals surface area contributed by atoms with Gasteiger partial charge in [-0.15, -0.1) is 12.4 Å². The van der Waals surface area contributed by atoms with E-state index in [9.17, 15) is 4.79 Å². The standard InChI is InChI=1S/C16H21N3O2S.ClH/c1-16(17)9-4-3-6-10(16)14(20)19-15-18-13-11(21-2)7-5-8-12(13)22-15;/h5,7-8,10H,3-4,6,9,17H2,1-2H3,(H,18,19,20);1H. The van der Waals surface area contributed by atoms with Gasteiger partial charge >= 0.3 is 0 Å². The number of nitrogens with one attached hydrogen (secondary N) is 1. The maximum Gasteiger partial charge on any atom is 0.231 e.